The van der Waals surface area contributed by atoms with Gasteiger partial charge in [-0.2, -0.15) is 0 Å². The number of nitrogens with zero attached hydrogens (tertiary/aromatic N) is 1. The summed E-state index contributed by atoms with van der Waals surface area (Å²) in [6, 6.07) is 11.6. The van der Waals surface area contributed by atoms with Gasteiger partial charge >= 0.3 is 0 Å². The molecule has 0 aromatic heterocycles. The van der Waals surface area contributed by atoms with Crippen LogP contribution in [-0.2, 0) is 10.0 Å². The number of hydrogen-bond donors (Lipinski definition) is 2. The number of amides is 1. The van der Waals surface area contributed by atoms with E-state index in [1.165, 1.54) is 12.1 Å². The number of anilines is 1. The van der Waals surface area contributed by atoms with Gasteiger partial charge in [0, 0.05) is 27.8 Å². The van der Waals surface area contributed by atoms with Gasteiger partial charge in [-0.25, -0.2) is 8.42 Å². The minimum atomic E-state index is -3.71. The van der Waals surface area contributed by atoms with E-state index in [2.05, 4.69) is 37.6 Å². The summed E-state index contributed by atoms with van der Waals surface area (Å²) in [5, 5.41) is 2.75. The van der Waals surface area contributed by atoms with Gasteiger partial charge in [0.25, 0.3) is 15.9 Å². The number of aryl methyl sites for hydroxylation is 1. The maximum absolute atomic E-state index is 12.5. The number of hydrogen-bond acceptors (Lipinski definition) is 4. The summed E-state index contributed by atoms with van der Waals surface area (Å²) in [6.45, 7) is 2.58. The van der Waals surface area contributed by atoms with Crippen molar-refractivity contribution in [2.45, 2.75) is 24.7 Å². The topological polar surface area (TPSA) is 87.6 Å². The van der Waals surface area contributed by atoms with Gasteiger partial charge in [-0.15, -0.1) is 0 Å². The molecule has 0 fully saturated rings. The number of amidine groups is 1. The number of rotatable bonds is 4. The van der Waals surface area contributed by atoms with Gasteiger partial charge in [0.2, 0.25) is 0 Å². The molecule has 136 valence electrons. The summed E-state index contributed by atoms with van der Waals surface area (Å²) in [5.41, 5.74) is 1.95. The average molecular weight is 483 g/mol. The van der Waals surface area contributed by atoms with Crippen molar-refractivity contribution < 1.29 is 13.2 Å². The third-order valence-electron chi connectivity index (χ3n) is 3.95. The minimum absolute atomic E-state index is 0.0868. The largest absolute Gasteiger partial charge is 0.322 e. The molecule has 26 heavy (non-hydrogen) atoms. The molecular formula is C18H18IN3O3S. The molecule has 2 aromatic rings. The lowest BCUT2D eigenvalue weighted by molar-refractivity contribution is 0.102. The molecular weight excluding hydrogens is 465 g/mol. The Morgan fingerprint density at radius 1 is 1.19 bits per heavy atom. The maximum Gasteiger partial charge on any atom is 0.262 e. The van der Waals surface area contributed by atoms with Crippen molar-refractivity contribution in [1.29, 1.82) is 0 Å². The molecule has 1 aliphatic rings. The molecule has 0 spiro atoms. The molecule has 0 radical (unpaired) electrons. The molecule has 0 unspecified atom stereocenters. The van der Waals surface area contributed by atoms with E-state index >= 15 is 0 Å². The normalized spacial score (nSPS) is 14.0. The summed E-state index contributed by atoms with van der Waals surface area (Å²) in [6.07, 6.45) is 1.48. The van der Waals surface area contributed by atoms with Gasteiger partial charge in [0.1, 0.15) is 5.84 Å². The van der Waals surface area contributed by atoms with Crippen molar-refractivity contribution >= 4 is 50.0 Å². The summed E-state index contributed by atoms with van der Waals surface area (Å²) in [4.78, 5) is 16.6. The van der Waals surface area contributed by atoms with Crippen LogP contribution < -0.4 is 10.0 Å². The first kappa shape index (κ1) is 18.8. The molecule has 0 aliphatic carbocycles. The van der Waals surface area contributed by atoms with Crippen LogP contribution in [0.3, 0.4) is 0 Å². The highest BCUT2D eigenvalue weighted by Gasteiger charge is 2.19. The number of halogens is 1. The minimum Gasteiger partial charge on any atom is -0.322 e. The van der Waals surface area contributed by atoms with Crippen molar-refractivity contribution in [3.05, 3.63) is 57.2 Å². The highest BCUT2D eigenvalue weighted by molar-refractivity contribution is 14.1. The van der Waals surface area contributed by atoms with E-state index in [9.17, 15) is 13.2 Å². The molecule has 2 aromatic carbocycles. The lowest BCUT2D eigenvalue weighted by Crippen LogP contribution is -2.29. The van der Waals surface area contributed by atoms with Crippen LogP contribution in [0.5, 0.6) is 0 Å². The zero-order valence-electron chi connectivity index (χ0n) is 14.1. The summed E-state index contributed by atoms with van der Waals surface area (Å²) < 4.78 is 28.5. The van der Waals surface area contributed by atoms with Crippen molar-refractivity contribution in [2.75, 3.05) is 11.9 Å². The second-order valence-corrected chi connectivity index (χ2v) is 8.83. The second-order valence-electron chi connectivity index (χ2n) is 5.98. The summed E-state index contributed by atoms with van der Waals surface area (Å²) >= 11 is 2.21. The van der Waals surface area contributed by atoms with Crippen LogP contribution in [0.15, 0.2) is 52.4 Å². The summed E-state index contributed by atoms with van der Waals surface area (Å²) in [7, 11) is -3.71. The predicted octanol–water partition coefficient (Wildman–Crippen LogP) is 3.32. The third kappa shape index (κ3) is 4.42. The van der Waals surface area contributed by atoms with Crippen LogP contribution in [0.2, 0.25) is 0 Å². The van der Waals surface area contributed by atoms with E-state index in [1.807, 2.05) is 13.0 Å². The van der Waals surface area contributed by atoms with Crippen LogP contribution in [0.1, 0.15) is 28.8 Å². The predicted molar refractivity (Wildman–Crippen MR) is 110 cm³/mol. The average Bonchev–Trinajstić information content (AvgIpc) is 3.10. The highest BCUT2D eigenvalue weighted by atomic mass is 127. The fourth-order valence-electron chi connectivity index (χ4n) is 2.57. The molecule has 2 N–H and O–H groups in total. The van der Waals surface area contributed by atoms with Crippen LogP contribution >= 0.6 is 22.6 Å². The molecule has 0 atom stereocenters. The standard InChI is InChI=1S/C18H18IN3O3S/c1-12-10-13(7-8-16(12)19)18(23)21-14-4-2-5-15(11-14)26(24,25)22-17-6-3-9-20-17/h2,4-5,7-8,10-11H,3,6,9H2,1H3,(H,20,22)(H,21,23). The molecule has 3 rings (SSSR count). The van der Waals surface area contributed by atoms with E-state index in [1.54, 1.807) is 24.3 Å². The van der Waals surface area contributed by atoms with E-state index in [0.29, 0.717) is 30.1 Å². The third-order valence-corrected chi connectivity index (χ3v) is 6.54. The number of benzene rings is 2. The van der Waals surface area contributed by atoms with E-state index in [0.717, 1.165) is 15.6 Å². The Morgan fingerprint density at radius 3 is 2.69 bits per heavy atom. The number of sulfonamides is 1. The Bertz CT molecular complexity index is 987. The molecule has 1 amide bonds. The van der Waals surface area contributed by atoms with Crippen molar-refractivity contribution in [1.82, 2.24) is 4.72 Å². The van der Waals surface area contributed by atoms with E-state index in [-0.39, 0.29) is 10.8 Å². The molecule has 0 bridgehead atoms. The molecule has 1 heterocycles. The fraction of sp³-hybridized carbons (Fsp3) is 0.222. The Balaban J connectivity index is 1.78. The first-order chi connectivity index (χ1) is 12.3. The molecule has 6 nitrogen and oxygen atoms in total. The van der Waals surface area contributed by atoms with Gasteiger partial charge in [-0.05, 0) is 77.9 Å². The molecule has 0 saturated carbocycles. The zero-order valence-corrected chi connectivity index (χ0v) is 17.1. The fourth-order valence-corrected chi connectivity index (χ4v) is 4.04. The van der Waals surface area contributed by atoms with E-state index < -0.39 is 10.0 Å². The van der Waals surface area contributed by atoms with Crippen LogP contribution in [0.25, 0.3) is 0 Å². The van der Waals surface area contributed by atoms with Gasteiger partial charge in [0.05, 0.1) is 4.90 Å². The van der Waals surface area contributed by atoms with Gasteiger partial charge in [-0.3, -0.25) is 14.5 Å². The number of nitrogens with one attached hydrogen (secondary N) is 2. The smallest absolute Gasteiger partial charge is 0.262 e. The monoisotopic (exact) mass is 483 g/mol. The van der Waals surface area contributed by atoms with Gasteiger partial charge < -0.3 is 5.32 Å². The van der Waals surface area contributed by atoms with Crippen LogP contribution in [0.4, 0.5) is 5.69 Å². The van der Waals surface area contributed by atoms with E-state index in [4.69, 9.17) is 0 Å². The van der Waals surface area contributed by atoms with Gasteiger partial charge in [-0.1, -0.05) is 6.07 Å². The number of aliphatic imine (C=N–C) groups is 1. The quantitative estimate of drug-likeness (QED) is 0.655. The zero-order chi connectivity index (χ0) is 18.7. The Hall–Kier alpha value is -1.94. The Labute approximate surface area is 166 Å². The molecule has 1 aliphatic heterocycles. The van der Waals surface area contributed by atoms with Crippen LogP contribution in [-0.4, -0.2) is 26.7 Å². The number of carbonyl (C=O) groups is 1. The highest BCUT2D eigenvalue weighted by Crippen LogP contribution is 2.18. The molecule has 8 heteroatoms. The lowest BCUT2D eigenvalue weighted by atomic mass is 10.1. The first-order valence-electron chi connectivity index (χ1n) is 8.09. The van der Waals surface area contributed by atoms with Crippen molar-refractivity contribution in [3.63, 3.8) is 0 Å². The second kappa shape index (κ2) is 7.75. The van der Waals surface area contributed by atoms with Crippen molar-refractivity contribution in [3.8, 4) is 0 Å². The van der Waals surface area contributed by atoms with Crippen molar-refractivity contribution in [2.24, 2.45) is 4.99 Å². The first-order valence-corrected chi connectivity index (χ1v) is 10.6. The maximum atomic E-state index is 12.5. The Kier molecular flexibility index (Phi) is 5.61. The van der Waals surface area contributed by atoms with Gasteiger partial charge in [0.15, 0.2) is 0 Å². The Morgan fingerprint density at radius 2 is 2.00 bits per heavy atom. The summed E-state index contributed by atoms with van der Waals surface area (Å²) in [5.74, 6) is 0.195. The molecule has 0 saturated heterocycles. The lowest BCUT2D eigenvalue weighted by Gasteiger charge is -2.10. The van der Waals surface area contributed by atoms with Crippen LogP contribution in [0, 0.1) is 10.5 Å². The number of carbonyl (C=O) groups excluding carboxylic acids is 1. The SMILES string of the molecule is Cc1cc(C(=O)Nc2cccc(S(=O)(=O)NC3=NCCC3)c2)ccc1I.